The summed E-state index contributed by atoms with van der Waals surface area (Å²) in [6.45, 7) is 0. The Hall–Kier alpha value is -0.000000000000000167. The molecule has 2 fully saturated rings. The van der Waals surface area contributed by atoms with E-state index in [1.165, 1.54) is 0 Å². The number of imide groups is 1. The highest BCUT2D eigenvalue weighted by atomic mass is 35.5. The molecule has 1 heterocycles. The van der Waals surface area contributed by atoms with Crippen LogP contribution >= 0.6 is 46.4 Å². The van der Waals surface area contributed by atoms with Crippen LogP contribution in [0.5, 0.6) is 0 Å². The van der Waals surface area contributed by atoms with Crippen LogP contribution < -0.4 is 0 Å². The maximum Gasteiger partial charge on any atom is 0.259 e. The van der Waals surface area contributed by atoms with Crippen molar-refractivity contribution in [3.8, 4) is 0 Å². The fourth-order valence-electron chi connectivity index (χ4n) is 2.96. The van der Waals surface area contributed by atoms with E-state index in [-0.39, 0.29) is 21.5 Å². The van der Waals surface area contributed by atoms with E-state index in [1.54, 1.807) is 0 Å². The molecular formula is C9H5Cl4NO3. The first-order chi connectivity index (χ1) is 7.75. The summed E-state index contributed by atoms with van der Waals surface area (Å²) in [6.07, 6.45) is 0.113. The summed E-state index contributed by atoms with van der Waals surface area (Å²) in [5, 5.41) is 9.59. The fourth-order valence-corrected chi connectivity index (χ4v) is 4.88. The van der Waals surface area contributed by atoms with Gasteiger partial charge in [0.2, 0.25) is 0 Å². The van der Waals surface area contributed by atoms with Gasteiger partial charge in [-0.2, -0.15) is 5.06 Å². The Bertz CT molecular complexity index is 464. The Balaban J connectivity index is 2.25. The van der Waals surface area contributed by atoms with E-state index < -0.39 is 33.4 Å². The molecule has 3 rings (SSSR count). The highest BCUT2D eigenvalue weighted by molar-refractivity contribution is 6.52. The molecule has 1 saturated heterocycles. The number of rotatable bonds is 0. The minimum absolute atomic E-state index is 0.0579. The largest absolute Gasteiger partial charge is 0.278 e. The lowest BCUT2D eigenvalue weighted by Gasteiger charge is -2.28. The third-order valence-electron chi connectivity index (χ3n) is 3.71. The van der Waals surface area contributed by atoms with Crippen LogP contribution in [0.25, 0.3) is 0 Å². The minimum atomic E-state index is -1.28. The van der Waals surface area contributed by atoms with Gasteiger partial charge in [-0.25, -0.2) is 0 Å². The lowest BCUT2D eigenvalue weighted by Crippen LogP contribution is -2.38. The summed E-state index contributed by atoms with van der Waals surface area (Å²) in [5.41, 5.74) is 0. The van der Waals surface area contributed by atoms with E-state index in [0.29, 0.717) is 0 Å². The van der Waals surface area contributed by atoms with Crippen molar-refractivity contribution in [2.24, 2.45) is 11.8 Å². The Labute approximate surface area is 116 Å². The van der Waals surface area contributed by atoms with E-state index in [9.17, 15) is 14.8 Å². The number of fused-ring (bicyclic) bond motifs is 5. The zero-order chi connectivity index (χ0) is 12.7. The Morgan fingerprint density at radius 3 is 1.76 bits per heavy atom. The van der Waals surface area contributed by atoms with Crippen molar-refractivity contribution in [1.82, 2.24) is 5.06 Å². The molecule has 0 aromatic carbocycles. The van der Waals surface area contributed by atoms with Gasteiger partial charge in [-0.3, -0.25) is 14.8 Å². The number of nitrogens with zero attached hydrogens (tertiary/aromatic N) is 1. The number of carbonyl (C=O) groups is 2. The van der Waals surface area contributed by atoms with Crippen molar-refractivity contribution < 1.29 is 14.8 Å². The highest BCUT2D eigenvalue weighted by Crippen LogP contribution is 2.69. The Morgan fingerprint density at radius 1 is 1.06 bits per heavy atom. The minimum Gasteiger partial charge on any atom is -0.278 e. The van der Waals surface area contributed by atoms with Crippen molar-refractivity contribution >= 4 is 58.2 Å². The molecule has 0 spiro atoms. The molecule has 2 bridgehead atoms. The molecule has 0 unspecified atom stereocenters. The number of halogens is 4. The molecule has 0 aromatic rings. The molecule has 3 aliphatic rings. The quantitative estimate of drug-likeness (QED) is 0.423. The molecule has 2 aliphatic carbocycles. The first-order valence-corrected chi connectivity index (χ1v) is 6.27. The van der Waals surface area contributed by atoms with E-state index in [0.717, 1.165) is 0 Å². The first-order valence-electron chi connectivity index (χ1n) is 4.76. The summed E-state index contributed by atoms with van der Waals surface area (Å²) < 4.78 is 0. The number of carbonyl (C=O) groups excluding carboxylic acids is 2. The van der Waals surface area contributed by atoms with Gasteiger partial charge in [0, 0.05) is 0 Å². The van der Waals surface area contributed by atoms with Gasteiger partial charge in [0.1, 0.15) is 0 Å². The second-order valence-corrected chi connectivity index (χ2v) is 6.58. The molecule has 1 saturated carbocycles. The maximum absolute atomic E-state index is 11.8. The zero-order valence-corrected chi connectivity index (χ0v) is 11.1. The second kappa shape index (κ2) is 3.11. The highest BCUT2D eigenvalue weighted by Gasteiger charge is 2.76. The van der Waals surface area contributed by atoms with Crippen LogP contribution in [0.1, 0.15) is 6.42 Å². The molecule has 92 valence electrons. The molecule has 1 N–H and O–H groups in total. The number of amides is 2. The smallest absolute Gasteiger partial charge is 0.259 e. The normalized spacial score (nSPS) is 48.4. The van der Waals surface area contributed by atoms with Crippen molar-refractivity contribution in [1.29, 1.82) is 0 Å². The van der Waals surface area contributed by atoms with Gasteiger partial charge < -0.3 is 0 Å². The van der Waals surface area contributed by atoms with Crippen molar-refractivity contribution in [3.63, 3.8) is 0 Å². The van der Waals surface area contributed by atoms with Gasteiger partial charge in [0.25, 0.3) is 11.8 Å². The molecular weight excluding hydrogens is 312 g/mol. The fraction of sp³-hybridized carbons (Fsp3) is 0.556. The Morgan fingerprint density at radius 2 is 1.41 bits per heavy atom. The molecule has 0 radical (unpaired) electrons. The van der Waals surface area contributed by atoms with Crippen LogP contribution in [0, 0.1) is 11.8 Å². The van der Waals surface area contributed by atoms with E-state index in [4.69, 9.17) is 46.4 Å². The van der Waals surface area contributed by atoms with Gasteiger partial charge >= 0.3 is 0 Å². The van der Waals surface area contributed by atoms with E-state index >= 15 is 0 Å². The van der Waals surface area contributed by atoms with Gasteiger partial charge in [0.05, 0.1) is 31.6 Å². The molecule has 4 atom stereocenters. The molecule has 2 amide bonds. The first kappa shape index (κ1) is 12.1. The number of hydroxylamine groups is 2. The third-order valence-corrected chi connectivity index (χ3v) is 6.16. The lowest BCUT2D eigenvalue weighted by molar-refractivity contribution is -0.173. The monoisotopic (exact) mass is 315 g/mol. The number of hydrogen-bond donors (Lipinski definition) is 1. The van der Waals surface area contributed by atoms with Crippen LogP contribution in [0.15, 0.2) is 10.1 Å². The summed E-state index contributed by atoms with van der Waals surface area (Å²) in [6, 6.07) is 0. The standard InChI is InChI=1S/C9H5Cl4NO3/c10-4-5(11)9(13)1-8(4,12)2-3(9)7(16)14(17)6(2)15/h2-3,17H,1H2/t2-,3+,8+,9-. The van der Waals surface area contributed by atoms with Gasteiger partial charge in [0.15, 0.2) is 0 Å². The van der Waals surface area contributed by atoms with E-state index in [1.807, 2.05) is 0 Å². The third kappa shape index (κ3) is 1.08. The van der Waals surface area contributed by atoms with Crippen molar-refractivity contribution in [3.05, 3.63) is 10.1 Å². The maximum atomic E-state index is 11.8. The molecule has 8 heteroatoms. The SMILES string of the molecule is O=C1[C@@H]2[C@H](C(=O)N1O)[C@@]1(Cl)C[C@]2(Cl)C(Cl)=C1Cl. The van der Waals surface area contributed by atoms with Crippen LogP contribution in [0.3, 0.4) is 0 Å². The summed E-state index contributed by atoms with van der Waals surface area (Å²) in [7, 11) is 0. The van der Waals surface area contributed by atoms with Crippen molar-refractivity contribution in [2.45, 2.75) is 16.2 Å². The topological polar surface area (TPSA) is 57.6 Å². The van der Waals surface area contributed by atoms with E-state index in [2.05, 4.69) is 0 Å². The Kier molecular flexibility index (Phi) is 2.21. The molecule has 17 heavy (non-hydrogen) atoms. The average Bonchev–Trinajstić information content (AvgIpc) is 2.72. The average molecular weight is 317 g/mol. The summed E-state index contributed by atoms with van der Waals surface area (Å²) >= 11 is 24.5. The van der Waals surface area contributed by atoms with Crippen LogP contribution in [0.2, 0.25) is 0 Å². The second-order valence-electron chi connectivity index (χ2n) is 4.47. The predicted octanol–water partition coefficient (Wildman–Crippen LogP) is 2.04. The zero-order valence-electron chi connectivity index (χ0n) is 8.08. The number of allylic oxidation sites excluding steroid dienone is 2. The van der Waals surface area contributed by atoms with Gasteiger partial charge in [-0.1, -0.05) is 23.2 Å². The number of alkyl halides is 2. The molecule has 0 aromatic heterocycles. The van der Waals surface area contributed by atoms with Gasteiger partial charge in [-0.05, 0) is 6.42 Å². The molecule has 4 nitrogen and oxygen atoms in total. The van der Waals surface area contributed by atoms with Crippen LogP contribution in [0.4, 0.5) is 0 Å². The van der Waals surface area contributed by atoms with Crippen LogP contribution in [-0.2, 0) is 9.59 Å². The predicted molar refractivity (Wildman–Crippen MR) is 61.1 cm³/mol. The van der Waals surface area contributed by atoms with Crippen molar-refractivity contribution in [2.75, 3.05) is 0 Å². The summed E-state index contributed by atoms with van der Waals surface area (Å²) in [4.78, 5) is 21.0. The number of hydrogen-bond acceptors (Lipinski definition) is 3. The van der Waals surface area contributed by atoms with Gasteiger partial charge in [-0.15, -0.1) is 23.2 Å². The summed E-state index contributed by atoms with van der Waals surface area (Å²) in [5.74, 6) is -3.46. The lowest BCUT2D eigenvalue weighted by atomic mass is 9.84. The molecule has 1 aliphatic heterocycles. The van der Waals surface area contributed by atoms with Crippen LogP contribution in [-0.4, -0.2) is 31.8 Å².